The van der Waals surface area contributed by atoms with Crippen LogP contribution in [0.5, 0.6) is 0 Å². The predicted molar refractivity (Wildman–Crippen MR) is 92.4 cm³/mol. The number of imide groups is 1. The van der Waals surface area contributed by atoms with Gasteiger partial charge in [0, 0.05) is 5.69 Å². The molecule has 1 saturated heterocycles. The minimum atomic E-state index is -0.430. The molecule has 3 aliphatic carbocycles. The molecule has 2 fully saturated rings. The first-order valence-electron chi connectivity index (χ1n) is 8.69. The summed E-state index contributed by atoms with van der Waals surface area (Å²) in [5, 5.41) is 5.33. The van der Waals surface area contributed by atoms with Crippen molar-refractivity contribution in [3.8, 4) is 0 Å². The molecule has 1 aromatic carbocycles. The van der Waals surface area contributed by atoms with Crippen LogP contribution in [0.15, 0.2) is 36.4 Å². The summed E-state index contributed by atoms with van der Waals surface area (Å²) in [6.45, 7) is 1.89. The van der Waals surface area contributed by atoms with E-state index in [4.69, 9.17) is 0 Å². The molecule has 25 heavy (non-hydrogen) atoms. The van der Waals surface area contributed by atoms with E-state index < -0.39 is 6.03 Å². The molecular weight excluding hydrogens is 318 g/mol. The zero-order chi connectivity index (χ0) is 17.6. The van der Waals surface area contributed by atoms with E-state index in [1.54, 1.807) is 12.1 Å². The van der Waals surface area contributed by atoms with Crippen LogP contribution in [-0.4, -0.2) is 29.4 Å². The number of urea groups is 1. The average molecular weight is 339 g/mol. The third-order valence-corrected chi connectivity index (χ3v) is 5.56. The smallest absolute Gasteiger partial charge is 0.320 e. The molecule has 1 heterocycles. The highest BCUT2D eigenvalue weighted by atomic mass is 16.2. The van der Waals surface area contributed by atoms with Gasteiger partial charge in [0.1, 0.15) is 6.67 Å². The minimum absolute atomic E-state index is 0.0815. The monoisotopic (exact) mass is 339 g/mol. The van der Waals surface area contributed by atoms with Crippen molar-refractivity contribution in [2.24, 2.45) is 23.7 Å². The molecule has 0 spiro atoms. The number of anilines is 1. The molecule has 1 aromatic rings. The second-order valence-electron chi connectivity index (χ2n) is 7.10. The fraction of sp³-hybridized carbons (Fsp3) is 0.421. The number of hydrogen-bond acceptors (Lipinski definition) is 3. The summed E-state index contributed by atoms with van der Waals surface area (Å²) >= 11 is 0. The number of fused-ring (bicyclic) bond motifs is 1. The predicted octanol–water partition coefficient (Wildman–Crippen LogP) is 2.27. The van der Waals surface area contributed by atoms with Gasteiger partial charge in [-0.05, 0) is 43.7 Å². The van der Waals surface area contributed by atoms with Crippen LogP contribution in [0.25, 0.3) is 0 Å². The third-order valence-electron chi connectivity index (χ3n) is 5.56. The first-order chi connectivity index (χ1) is 12.0. The maximum Gasteiger partial charge on any atom is 0.320 e. The van der Waals surface area contributed by atoms with Gasteiger partial charge in [0.2, 0.25) is 11.8 Å². The van der Waals surface area contributed by atoms with Gasteiger partial charge in [0.15, 0.2) is 0 Å². The Morgan fingerprint density at radius 1 is 1.04 bits per heavy atom. The summed E-state index contributed by atoms with van der Waals surface area (Å²) in [6.07, 6.45) is 6.11. The number of rotatable bonds is 3. The molecule has 4 atom stereocenters. The summed E-state index contributed by atoms with van der Waals surface area (Å²) in [7, 11) is 0. The lowest BCUT2D eigenvalue weighted by Gasteiger charge is -2.38. The highest BCUT2D eigenvalue weighted by molar-refractivity contribution is 6.06. The lowest BCUT2D eigenvalue weighted by molar-refractivity contribution is -0.140. The van der Waals surface area contributed by atoms with E-state index in [0.717, 1.165) is 18.4 Å². The fourth-order valence-electron chi connectivity index (χ4n) is 4.25. The number of amides is 4. The quantitative estimate of drug-likeness (QED) is 0.655. The highest BCUT2D eigenvalue weighted by Gasteiger charge is 2.56. The Kier molecular flexibility index (Phi) is 3.82. The number of likely N-dealkylation sites (tertiary alicyclic amines) is 1. The fourth-order valence-corrected chi connectivity index (χ4v) is 4.25. The normalized spacial score (nSPS) is 29.7. The summed E-state index contributed by atoms with van der Waals surface area (Å²) in [5.41, 5.74) is 1.77. The van der Waals surface area contributed by atoms with E-state index in [0.29, 0.717) is 5.69 Å². The van der Waals surface area contributed by atoms with Crippen molar-refractivity contribution in [2.75, 3.05) is 12.0 Å². The summed E-state index contributed by atoms with van der Waals surface area (Å²) in [5.74, 6) is -0.443. The summed E-state index contributed by atoms with van der Waals surface area (Å²) in [6, 6.07) is 6.98. The van der Waals surface area contributed by atoms with Crippen LogP contribution in [0.4, 0.5) is 10.5 Å². The van der Waals surface area contributed by atoms with E-state index in [2.05, 4.69) is 22.8 Å². The molecule has 2 N–H and O–H groups in total. The van der Waals surface area contributed by atoms with Crippen molar-refractivity contribution in [1.29, 1.82) is 0 Å². The van der Waals surface area contributed by atoms with Crippen LogP contribution in [0.2, 0.25) is 0 Å². The Bertz CT molecular complexity index is 724. The number of carbonyl (C=O) groups excluding carboxylic acids is 3. The molecule has 0 radical (unpaired) electrons. The van der Waals surface area contributed by atoms with Crippen molar-refractivity contribution < 1.29 is 14.4 Å². The molecule has 1 saturated carbocycles. The second-order valence-corrected chi connectivity index (χ2v) is 7.10. The molecular formula is C19H21N3O3. The molecule has 5 rings (SSSR count). The van der Waals surface area contributed by atoms with Gasteiger partial charge in [-0.1, -0.05) is 29.8 Å². The number of benzene rings is 1. The van der Waals surface area contributed by atoms with Crippen molar-refractivity contribution in [3.05, 3.63) is 42.0 Å². The van der Waals surface area contributed by atoms with Crippen molar-refractivity contribution in [1.82, 2.24) is 10.2 Å². The molecule has 0 unspecified atom stereocenters. The Morgan fingerprint density at radius 2 is 1.60 bits per heavy atom. The molecule has 1 aliphatic heterocycles. The molecule has 6 heteroatoms. The van der Waals surface area contributed by atoms with Crippen LogP contribution in [0, 0.1) is 30.6 Å². The summed E-state index contributed by atoms with van der Waals surface area (Å²) in [4.78, 5) is 38.5. The van der Waals surface area contributed by atoms with E-state index in [1.165, 1.54) is 4.90 Å². The van der Waals surface area contributed by atoms with E-state index in [-0.39, 0.29) is 42.2 Å². The molecule has 130 valence electrons. The van der Waals surface area contributed by atoms with Crippen LogP contribution in [0.1, 0.15) is 18.4 Å². The number of hydrogen-bond donors (Lipinski definition) is 2. The van der Waals surface area contributed by atoms with Gasteiger partial charge >= 0.3 is 6.03 Å². The Labute approximate surface area is 146 Å². The van der Waals surface area contributed by atoms with Gasteiger partial charge in [-0.3, -0.25) is 14.5 Å². The average Bonchev–Trinajstić information content (AvgIpc) is 2.89. The molecule has 6 nitrogen and oxygen atoms in total. The first kappa shape index (κ1) is 15.9. The lowest BCUT2D eigenvalue weighted by Crippen LogP contribution is -2.43. The first-order valence-corrected chi connectivity index (χ1v) is 8.69. The van der Waals surface area contributed by atoms with Crippen molar-refractivity contribution >= 4 is 23.5 Å². The van der Waals surface area contributed by atoms with Gasteiger partial charge < -0.3 is 10.6 Å². The number of nitrogens with zero attached hydrogens (tertiary/aromatic N) is 1. The Balaban J connectivity index is 1.38. The zero-order valence-electron chi connectivity index (χ0n) is 14.1. The van der Waals surface area contributed by atoms with Crippen LogP contribution in [-0.2, 0) is 9.59 Å². The van der Waals surface area contributed by atoms with Crippen molar-refractivity contribution in [2.45, 2.75) is 19.8 Å². The molecule has 0 aromatic heterocycles. The molecule has 4 aliphatic rings. The molecule has 4 amide bonds. The number of aryl methyl sites for hydroxylation is 1. The topological polar surface area (TPSA) is 78.5 Å². The van der Waals surface area contributed by atoms with Gasteiger partial charge in [0.25, 0.3) is 0 Å². The maximum absolute atomic E-state index is 12.6. The van der Waals surface area contributed by atoms with E-state index in [9.17, 15) is 14.4 Å². The Morgan fingerprint density at radius 3 is 2.12 bits per heavy atom. The standard InChI is InChI=1S/C19H21N3O3/c1-11-2-8-14(9-3-11)21-19(25)20-10-22-17(23)15-12-4-5-13(7-6-12)16(15)18(22)24/h2-5,8-9,12-13,15-16H,6-7,10H2,1H3,(H2,20,21,25)/t12-,13-,15+,16+/m0/s1. The molecule has 2 bridgehead atoms. The SMILES string of the molecule is Cc1ccc(NC(=O)NCN2C(=O)[C@H]3[C@H](C2=O)[C@H]2C=C[C@H]3CC2)cc1. The van der Waals surface area contributed by atoms with Gasteiger partial charge in [0.05, 0.1) is 11.8 Å². The lowest BCUT2D eigenvalue weighted by atomic mass is 9.63. The zero-order valence-corrected chi connectivity index (χ0v) is 14.1. The van der Waals surface area contributed by atoms with E-state index in [1.807, 2.05) is 19.1 Å². The van der Waals surface area contributed by atoms with Crippen molar-refractivity contribution in [3.63, 3.8) is 0 Å². The van der Waals surface area contributed by atoms with Gasteiger partial charge in [-0.25, -0.2) is 4.79 Å². The van der Waals surface area contributed by atoms with Gasteiger partial charge in [-0.2, -0.15) is 0 Å². The van der Waals surface area contributed by atoms with Crippen LogP contribution in [0.3, 0.4) is 0 Å². The number of nitrogens with one attached hydrogen (secondary N) is 2. The summed E-state index contributed by atoms with van der Waals surface area (Å²) < 4.78 is 0. The number of carbonyl (C=O) groups is 3. The Hall–Kier alpha value is -2.63. The third kappa shape index (κ3) is 2.71. The van der Waals surface area contributed by atoms with Gasteiger partial charge in [-0.15, -0.1) is 0 Å². The van der Waals surface area contributed by atoms with Crippen LogP contribution < -0.4 is 10.6 Å². The minimum Gasteiger partial charge on any atom is -0.320 e. The highest BCUT2D eigenvalue weighted by Crippen LogP contribution is 2.49. The number of allylic oxidation sites excluding steroid dienone is 2. The van der Waals surface area contributed by atoms with E-state index >= 15 is 0 Å². The largest absolute Gasteiger partial charge is 0.320 e. The maximum atomic E-state index is 12.6. The second kappa shape index (κ2) is 6.02. The van der Waals surface area contributed by atoms with Crippen LogP contribution >= 0.6 is 0 Å².